The Bertz CT molecular complexity index is 1090. The van der Waals surface area contributed by atoms with Gasteiger partial charge in [-0.15, -0.1) is 0 Å². The summed E-state index contributed by atoms with van der Waals surface area (Å²) in [6.07, 6.45) is 1.20. The third kappa shape index (κ3) is 4.04. The van der Waals surface area contributed by atoms with Crippen LogP contribution in [-0.4, -0.2) is 86.2 Å². The zero-order valence-corrected chi connectivity index (χ0v) is 21.8. The third-order valence-corrected chi connectivity index (χ3v) is 7.14. The van der Waals surface area contributed by atoms with E-state index in [-0.39, 0.29) is 35.6 Å². The maximum absolute atomic E-state index is 13.2. The predicted molar refractivity (Wildman–Crippen MR) is 127 cm³/mol. The summed E-state index contributed by atoms with van der Waals surface area (Å²) in [5, 5.41) is -0.0362. The number of halogens is 1. The van der Waals surface area contributed by atoms with E-state index in [9.17, 15) is 14.4 Å². The van der Waals surface area contributed by atoms with Gasteiger partial charge in [0.1, 0.15) is 28.3 Å². The molecule has 4 aliphatic heterocycles. The minimum Gasteiger partial charge on any atom is -0.459 e. The number of imide groups is 1. The molecule has 190 valence electrons. The minimum absolute atomic E-state index is 0.0362. The average molecular weight is 506 g/mol. The fourth-order valence-electron chi connectivity index (χ4n) is 5.81. The molecule has 5 rings (SSSR count). The molecule has 1 aromatic heterocycles. The summed E-state index contributed by atoms with van der Waals surface area (Å²) in [5.74, 6) is -0.0272. The van der Waals surface area contributed by atoms with Gasteiger partial charge in [-0.05, 0) is 72.4 Å². The van der Waals surface area contributed by atoms with Crippen LogP contribution in [0.15, 0.2) is 0 Å². The standard InChI is InChI=1S/C24H32ClN5O5/c1-22(2,3)34-19(32)24-9-13-11-28(12-14(10-24)30(13)24)17-15-7-8-29(21(33)35-23(4,5)6)18(31)16(15)26-20(25)27-17/h13-14H,7-12H2,1-6H3. The minimum atomic E-state index is -0.716. The molecule has 35 heavy (non-hydrogen) atoms. The molecule has 2 unspecified atom stereocenters. The van der Waals surface area contributed by atoms with Crippen molar-refractivity contribution < 1.29 is 23.9 Å². The van der Waals surface area contributed by atoms with Gasteiger partial charge in [-0.25, -0.2) is 19.7 Å². The second-order valence-electron chi connectivity index (χ2n) is 11.9. The average Bonchev–Trinajstić information content (AvgIpc) is 2.66. The molecule has 0 bridgehead atoms. The predicted octanol–water partition coefficient (Wildman–Crippen LogP) is 2.81. The number of amides is 2. The second-order valence-corrected chi connectivity index (χ2v) is 12.2. The number of carbonyl (C=O) groups excluding carboxylic acids is 3. The molecule has 1 aromatic rings. The van der Waals surface area contributed by atoms with Crippen molar-refractivity contribution >= 4 is 35.4 Å². The summed E-state index contributed by atoms with van der Waals surface area (Å²) in [4.78, 5) is 52.8. The smallest absolute Gasteiger partial charge is 0.417 e. The molecule has 0 N–H and O–H groups in total. The van der Waals surface area contributed by atoms with Crippen LogP contribution in [0.1, 0.15) is 70.4 Å². The van der Waals surface area contributed by atoms with E-state index in [1.165, 1.54) is 0 Å². The molecule has 3 fully saturated rings. The number of hydrogen-bond donors (Lipinski definition) is 0. The van der Waals surface area contributed by atoms with Crippen LogP contribution in [0.4, 0.5) is 10.6 Å². The number of esters is 1. The quantitative estimate of drug-likeness (QED) is 0.443. The van der Waals surface area contributed by atoms with Gasteiger partial charge in [0, 0.05) is 37.3 Å². The lowest BCUT2D eigenvalue weighted by Crippen LogP contribution is -2.87. The van der Waals surface area contributed by atoms with Gasteiger partial charge in [0.2, 0.25) is 5.28 Å². The molecule has 11 heteroatoms. The van der Waals surface area contributed by atoms with Crippen LogP contribution in [0.3, 0.4) is 0 Å². The van der Waals surface area contributed by atoms with Crippen LogP contribution in [0, 0.1) is 0 Å². The van der Waals surface area contributed by atoms with E-state index in [0.717, 1.165) is 17.7 Å². The first-order chi connectivity index (χ1) is 16.2. The molecular weight excluding hydrogens is 474 g/mol. The van der Waals surface area contributed by atoms with Gasteiger partial charge in [0.15, 0.2) is 0 Å². The Balaban J connectivity index is 1.34. The highest BCUT2D eigenvalue weighted by atomic mass is 35.5. The molecule has 4 aliphatic rings. The Kier molecular flexibility index (Phi) is 5.38. The van der Waals surface area contributed by atoms with Gasteiger partial charge in [-0.2, -0.15) is 0 Å². The van der Waals surface area contributed by atoms with Crippen LogP contribution in [0.5, 0.6) is 0 Å². The lowest BCUT2D eigenvalue weighted by atomic mass is 9.62. The van der Waals surface area contributed by atoms with Gasteiger partial charge in [0.25, 0.3) is 5.91 Å². The number of rotatable bonds is 2. The number of piperidine rings is 1. The van der Waals surface area contributed by atoms with Crippen molar-refractivity contribution in [3.8, 4) is 0 Å². The number of ether oxygens (including phenoxy) is 2. The largest absolute Gasteiger partial charge is 0.459 e. The highest BCUT2D eigenvalue weighted by Gasteiger charge is 2.70. The van der Waals surface area contributed by atoms with Crippen molar-refractivity contribution in [2.24, 2.45) is 0 Å². The topological polar surface area (TPSA) is 105 Å². The molecule has 0 spiro atoms. The van der Waals surface area contributed by atoms with Crippen molar-refractivity contribution in [2.45, 2.75) is 89.6 Å². The summed E-state index contributed by atoms with van der Waals surface area (Å²) in [6.45, 7) is 12.5. The first kappa shape index (κ1) is 24.2. The van der Waals surface area contributed by atoms with E-state index in [1.54, 1.807) is 20.8 Å². The van der Waals surface area contributed by atoms with Gasteiger partial charge >= 0.3 is 12.1 Å². The van der Waals surface area contributed by atoms with E-state index in [1.807, 2.05) is 20.8 Å². The SMILES string of the molecule is CC(C)(C)OC(=O)N1CCc2c(nc(Cl)nc2N2CC3CC4(C(=O)OC(C)(C)C)CC(C2)N34)C1=O. The first-order valence-electron chi connectivity index (χ1n) is 12.1. The van der Waals surface area contributed by atoms with Crippen molar-refractivity contribution in [1.29, 1.82) is 0 Å². The third-order valence-electron chi connectivity index (χ3n) is 6.97. The highest BCUT2D eigenvalue weighted by Crippen LogP contribution is 2.55. The molecule has 5 heterocycles. The van der Waals surface area contributed by atoms with Gasteiger partial charge in [-0.3, -0.25) is 14.5 Å². The summed E-state index contributed by atoms with van der Waals surface area (Å²) < 4.78 is 11.1. The Morgan fingerprint density at radius 2 is 1.60 bits per heavy atom. The van der Waals surface area contributed by atoms with Crippen molar-refractivity contribution in [1.82, 2.24) is 19.8 Å². The van der Waals surface area contributed by atoms with Gasteiger partial charge in [-0.1, -0.05) is 0 Å². The van der Waals surface area contributed by atoms with E-state index in [4.69, 9.17) is 21.1 Å². The first-order valence-corrected chi connectivity index (χ1v) is 12.4. The molecular formula is C24H32ClN5O5. The number of fused-ring (bicyclic) bond motifs is 1. The maximum Gasteiger partial charge on any atom is 0.417 e. The van der Waals surface area contributed by atoms with Crippen LogP contribution in [0.2, 0.25) is 5.28 Å². The summed E-state index contributed by atoms with van der Waals surface area (Å²) >= 11 is 6.24. The fraction of sp³-hybridized carbons (Fsp3) is 0.708. The Hall–Kier alpha value is -2.46. The molecule has 0 radical (unpaired) electrons. The lowest BCUT2D eigenvalue weighted by molar-refractivity contribution is -0.233. The highest BCUT2D eigenvalue weighted by molar-refractivity contribution is 6.28. The normalized spacial score (nSPS) is 27.9. The zero-order valence-electron chi connectivity index (χ0n) is 21.1. The molecule has 2 amide bonds. The second kappa shape index (κ2) is 7.77. The zero-order chi connectivity index (χ0) is 25.5. The van der Waals surface area contributed by atoms with Gasteiger partial charge in [0.05, 0.1) is 0 Å². The van der Waals surface area contributed by atoms with Crippen LogP contribution in [0.25, 0.3) is 0 Å². The maximum atomic E-state index is 13.2. The van der Waals surface area contributed by atoms with Crippen molar-refractivity contribution in [2.75, 3.05) is 24.5 Å². The number of nitrogens with zero attached hydrogens (tertiary/aromatic N) is 5. The van der Waals surface area contributed by atoms with E-state index >= 15 is 0 Å². The fourth-order valence-corrected chi connectivity index (χ4v) is 5.97. The van der Waals surface area contributed by atoms with E-state index in [0.29, 0.717) is 30.9 Å². The van der Waals surface area contributed by atoms with Crippen LogP contribution >= 0.6 is 11.6 Å². The summed E-state index contributed by atoms with van der Waals surface area (Å²) in [6, 6.07) is 0.411. The monoisotopic (exact) mass is 505 g/mol. The Morgan fingerprint density at radius 1 is 1.00 bits per heavy atom. The number of piperazine rings is 1. The van der Waals surface area contributed by atoms with Crippen molar-refractivity contribution in [3.63, 3.8) is 0 Å². The molecule has 10 nitrogen and oxygen atoms in total. The Morgan fingerprint density at radius 3 is 2.17 bits per heavy atom. The van der Waals surface area contributed by atoms with Crippen molar-refractivity contribution in [3.05, 3.63) is 16.5 Å². The molecule has 0 saturated carbocycles. The summed E-state index contributed by atoms with van der Waals surface area (Å²) in [5.41, 5.74) is -0.886. The number of anilines is 1. The number of carbonyl (C=O) groups is 3. The van der Waals surface area contributed by atoms with Gasteiger partial charge < -0.3 is 14.4 Å². The molecule has 2 atom stereocenters. The Labute approximate surface area is 209 Å². The van der Waals surface area contributed by atoms with E-state index < -0.39 is 28.7 Å². The molecule has 0 aliphatic carbocycles. The number of hydrogen-bond acceptors (Lipinski definition) is 9. The lowest BCUT2D eigenvalue weighted by Gasteiger charge is -2.72. The summed E-state index contributed by atoms with van der Waals surface area (Å²) in [7, 11) is 0. The van der Waals surface area contributed by atoms with Crippen LogP contribution in [-0.2, 0) is 20.7 Å². The number of aromatic nitrogens is 2. The van der Waals surface area contributed by atoms with E-state index in [2.05, 4.69) is 19.8 Å². The molecule has 0 aromatic carbocycles. The van der Waals surface area contributed by atoms with Crippen LogP contribution < -0.4 is 4.90 Å². The molecule has 3 saturated heterocycles.